The van der Waals surface area contributed by atoms with Gasteiger partial charge in [-0.25, -0.2) is 0 Å². The molecule has 1 aliphatic rings. The van der Waals surface area contributed by atoms with Gasteiger partial charge in [0.25, 0.3) is 0 Å². The van der Waals surface area contributed by atoms with E-state index in [-0.39, 0.29) is 6.29 Å². The molecule has 4 heteroatoms. The molecule has 1 fully saturated rings. The van der Waals surface area contributed by atoms with Crippen molar-refractivity contribution in [2.45, 2.75) is 71.4 Å². The Kier molecular flexibility index (Phi) is 7.51. The Bertz CT molecular complexity index is 787. The van der Waals surface area contributed by atoms with Crippen LogP contribution in [-0.4, -0.2) is 38.7 Å². The van der Waals surface area contributed by atoms with Crippen LogP contribution in [0.1, 0.15) is 45.6 Å². The van der Waals surface area contributed by atoms with Gasteiger partial charge in [0.2, 0.25) is 0 Å². The number of ether oxygens (including phenoxy) is 2. The third-order valence-electron chi connectivity index (χ3n) is 6.66. The fraction of sp³-hybridized carbons (Fsp3) is 0.500. The van der Waals surface area contributed by atoms with E-state index in [1.54, 1.807) is 0 Å². The van der Waals surface area contributed by atoms with Crippen molar-refractivity contribution in [1.29, 1.82) is 0 Å². The van der Waals surface area contributed by atoms with Crippen LogP contribution in [-0.2, 0) is 4.74 Å². The zero-order valence-corrected chi connectivity index (χ0v) is 19.3. The van der Waals surface area contributed by atoms with Crippen molar-refractivity contribution in [2.75, 3.05) is 6.61 Å². The Morgan fingerprint density at radius 3 is 2.36 bits per heavy atom. The quantitative estimate of drug-likeness (QED) is 0.616. The Hall–Kier alpha value is -0.986. The van der Waals surface area contributed by atoms with E-state index in [2.05, 4.69) is 81.8 Å². The van der Waals surface area contributed by atoms with Crippen LogP contribution in [0.15, 0.2) is 36.4 Å². The van der Waals surface area contributed by atoms with E-state index < -0.39 is 8.07 Å². The normalized spacial score (nSPS) is 17.6. The van der Waals surface area contributed by atoms with Crippen LogP contribution in [0.4, 0.5) is 0 Å². The second kappa shape index (κ2) is 9.68. The van der Waals surface area contributed by atoms with Crippen LogP contribution in [0.5, 0.6) is 5.75 Å². The van der Waals surface area contributed by atoms with Crippen molar-refractivity contribution in [1.82, 2.24) is 0 Å². The molecule has 3 rings (SSSR count). The molecule has 0 aliphatic carbocycles. The van der Waals surface area contributed by atoms with E-state index in [1.807, 2.05) is 0 Å². The third-order valence-corrected chi connectivity index (χ3v) is 12.2. The summed E-state index contributed by atoms with van der Waals surface area (Å²) in [5, 5.41) is 1.49. The summed E-state index contributed by atoms with van der Waals surface area (Å²) in [6.45, 7) is 10.2. The molecule has 2 nitrogen and oxygen atoms in total. The van der Waals surface area contributed by atoms with Crippen LogP contribution in [0.25, 0.3) is 11.1 Å². The summed E-state index contributed by atoms with van der Waals surface area (Å²) in [6.07, 6.45) is 3.20. The van der Waals surface area contributed by atoms with E-state index in [0.717, 1.165) is 25.2 Å². The number of rotatable bonds is 7. The first-order valence-electron chi connectivity index (χ1n) is 11.0. The molecule has 1 atom stereocenters. The Labute approximate surface area is 181 Å². The van der Waals surface area contributed by atoms with Gasteiger partial charge in [0.15, 0.2) is 0 Å². The van der Waals surface area contributed by atoms with Crippen LogP contribution in [0.3, 0.4) is 0 Å². The molecule has 0 amide bonds. The molecule has 2 aromatic carbocycles. The van der Waals surface area contributed by atoms with Crippen molar-refractivity contribution in [2.24, 2.45) is 0 Å². The number of aryl methyl sites for hydroxylation is 1. The van der Waals surface area contributed by atoms with Crippen molar-refractivity contribution < 1.29 is 9.47 Å². The number of benzene rings is 2. The van der Waals surface area contributed by atoms with E-state index in [0.29, 0.717) is 0 Å². The van der Waals surface area contributed by atoms with Crippen LogP contribution >= 0.6 is 0 Å². The average molecular weight is 389 g/mol. The zero-order valence-electron chi connectivity index (χ0n) is 18.3. The Morgan fingerprint density at radius 1 is 1.04 bits per heavy atom. The maximum absolute atomic E-state index is 6.71. The fourth-order valence-corrected chi connectivity index (χ4v) is 8.48. The molecule has 0 bridgehead atoms. The summed E-state index contributed by atoms with van der Waals surface area (Å²) < 4.78 is 14.0. The van der Waals surface area contributed by atoms with E-state index >= 15 is 0 Å². The Morgan fingerprint density at radius 2 is 1.75 bits per heavy atom. The van der Waals surface area contributed by atoms with Gasteiger partial charge >= 0.3 is 182 Å². The third kappa shape index (κ3) is 4.44. The monoisotopic (exact) mass is 388 g/mol. The molecule has 0 aromatic heterocycles. The van der Waals surface area contributed by atoms with E-state index in [1.165, 1.54) is 50.7 Å². The molecule has 0 radical (unpaired) electrons. The second-order valence-corrected chi connectivity index (χ2v) is 13.5. The Balaban J connectivity index is 2.21. The van der Waals surface area contributed by atoms with Crippen molar-refractivity contribution >= 4 is 35.2 Å². The molecule has 1 saturated heterocycles. The fourth-order valence-electron chi connectivity index (χ4n) is 4.63. The second-order valence-electron chi connectivity index (χ2n) is 8.26. The van der Waals surface area contributed by atoms with Crippen molar-refractivity contribution in [3.05, 3.63) is 42.0 Å². The van der Waals surface area contributed by atoms with Gasteiger partial charge in [-0.1, -0.05) is 0 Å². The van der Waals surface area contributed by atoms with Gasteiger partial charge in [0, 0.05) is 0 Å². The molecule has 1 aliphatic heterocycles. The van der Waals surface area contributed by atoms with Crippen molar-refractivity contribution in [3.8, 4) is 16.9 Å². The van der Waals surface area contributed by atoms with Gasteiger partial charge in [-0.3, -0.25) is 0 Å². The average Bonchev–Trinajstić information content (AvgIpc) is 2.72. The molecule has 146 valence electrons. The van der Waals surface area contributed by atoms with Gasteiger partial charge in [-0.05, 0) is 0 Å². The summed E-state index contributed by atoms with van der Waals surface area (Å²) >= 11 is 2.20. The zero-order chi connectivity index (χ0) is 20.1. The molecular weight excluding hydrogens is 355 g/mol. The van der Waals surface area contributed by atoms with E-state index in [9.17, 15) is 0 Å². The summed E-state index contributed by atoms with van der Waals surface area (Å²) in [5.74, 6) is 1.10. The molecule has 28 heavy (non-hydrogen) atoms. The molecule has 0 saturated carbocycles. The SMILES string of the molecule is [Li][c]1ccccc1-c1cc(C)cc([Si](CC)(CC)CC)c1OC1CCCCO1. The van der Waals surface area contributed by atoms with Gasteiger partial charge in [0.05, 0.1) is 0 Å². The summed E-state index contributed by atoms with van der Waals surface area (Å²) in [6, 6.07) is 17.2. The first-order chi connectivity index (χ1) is 13.5. The molecular formula is C24H33LiO2Si. The maximum atomic E-state index is 6.71. The number of hydrogen-bond donors (Lipinski definition) is 0. The van der Waals surface area contributed by atoms with E-state index in [4.69, 9.17) is 9.47 Å². The standard InChI is InChI=1S/C24H33O2Si.Li/c1-5-27(6-2,7-3)22-18-19(4)17-21(20-13-9-8-10-14-20)24(22)26-23-15-11-12-16-25-23;/h8-10,13,17-18,23H,5-7,11-12,15-16H2,1-4H3;. The topological polar surface area (TPSA) is 18.5 Å². The van der Waals surface area contributed by atoms with Gasteiger partial charge in [-0.15, -0.1) is 0 Å². The van der Waals surface area contributed by atoms with Crippen LogP contribution < -0.4 is 14.2 Å². The molecule has 1 heterocycles. The minimum absolute atomic E-state index is 0.116. The summed E-state index contributed by atoms with van der Waals surface area (Å²) in [4.78, 5) is 0. The number of hydrogen-bond acceptors (Lipinski definition) is 2. The van der Waals surface area contributed by atoms with Crippen LogP contribution in [0.2, 0.25) is 18.1 Å². The predicted molar refractivity (Wildman–Crippen MR) is 123 cm³/mol. The van der Waals surface area contributed by atoms with Gasteiger partial charge < -0.3 is 0 Å². The predicted octanol–water partition coefficient (Wildman–Crippen LogP) is 5.08. The minimum atomic E-state index is -1.62. The van der Waals surface area contributed by atoms with Crippen LogP contribution in [0, 0.1) is 6.92 Å². The molecule has 1 unspecified atom stereocenters. The summed E-state index contributed by atoms with van der Waals surface area (Å²) in [7, 11) is -1.62. The summed E-state index contributed by atoms with van der Waals surface area (Å²) in [5.41, 5.74) is 3.86. The van der Waals surface area contributed by atoms with Crippen molar-refractivity contribution in [3.63, 3.8) is 0 Å². The van der Waals surface area contributed by atoms with Gasteiger partial charge in [-0.2, -0.15) is 0 Å². The first-order valence-corrected chi connectivity index (χ1v) is 13.7. The van der Waals surface area contributed by atoms with Gasteiger partial charge in [0.1, 0.15) is 0 Å². The molecule has 0 N–H and O–H groups in total. The molecule has 2 aromatic rings. The molecule has 0 spiro atoms. The first kappa shape index (κ1) is 21.7.